The molecule has 1 aromatic heterocycles. The molecular weight excluding hydrogens is 404 g/mol. The highest BCUT2D eigenvalue weighted by molar-refractivity contribution is 5.95. The molecule has 1 saturated heterocycles. The number of likely N-dealkylation sites (tertiary alicyclic amines) is 1. The van der Waals surface area contributed by atoms with E-state index in [0.717, 1.165) is 40.6 Å². The molecule has 1 aromatic carbocycles. The number of benzene rings is 1. The zero-order valence-electron chi connectivity index (χ0n) is 19.4. The molecule has 0 spiro atoms. The number of amides is 2. The first-order valence-corrected chi connectivity index (χ1v) is 11.4. The maximum Gasteiger partial charge on any atom is 0.228 e. The van der Waals surface area contributed by atoms with E-state index in [0.29, 0.717) is 44.8 Å². The Hall–Kier alpha value is -2.96. The fourth-order valence-corrected chi connectivity index (χ4v) is 4.57. The van der Waals surface area contributed by atoms with E-state index in [2.05, 4.69) is 13.8 Å². The van der Waals surface area contributed by atoms with E-state index < -0.39 is 0 Å². The molecule has 0 N–H and O–H groups in total. The second-order valence-corrected chi connectivity index (χ2v) is 9.22. The zero-order valence-corrected chi connectivity index (χ0v) is 19.4. The summed E-state index contributed by atoms with van der Waals surface area (Å²) in [6.07, 6.45) is 2.43. The maximum absolute atomic E-state index is 12.9. The maximum atomic E-state index is 12.9. The van der Waals surface area contributed by atoms with Gasteiger partial charge in [-0.1, -0.05) is 26.0 Å². The van der Waals surface area contributed by atoms with Gasteiger partial charge in [-0.25, -0.2) is 9.97 Å². The van der Waals surface area contributed by atoms with Crippen LogP contribution in [0, 0.1) is 12.8 Å². The van der Waals surface area contributed by atoms with Crippen LogP contribution in [0.2, 0.25) is 0 Å². The number of ether oxygens (including phenoxy) is 1. The third-order valence-corrected chi connectivity index (χ3v) is 6.32. The second-order valence-electron chi connectivity index (χ2n) is 9.22. The predicted molar refractivity (Wildman–Crippen MR) is 123 cm³/mol. The number of fused-ring (bicyclic) bond motifs is 1. The van der Waals surface area contributed by atoms with Gasteiger partial charge >= 0.3 is 0 Å². The van der Waals surface area contributed by atoms with Crippen LogP contribution in [0.15, 0.2) is 24.3 Å². The van der Waals surface area contributed by atoms with E-state index in [1.54, 1.807) is 7.11 Å². The van der Waals surface area contributed by atoms with Crippen LogP contribution in [0.4, 0.5) is 5.82 Å². The van der Waals surface area contributed by atoms with E-state index in [1.807, 2.05) is 41.0 Å². The molecule has 0 radical (unpaired) electrons. The first-order valence-electron chi connectivity index (χ1n) is 11.4. The van der Waals surface area contributed by atoms with Crippen molar-refractivity contribution in [2.24, 2.45) is 5.92 Å². The van der Waals surface area contributed by atoms with Gasteiger partial charge in [-0.05, 0) is 43.4 Å². The van der Waals surface area contributed by atoms with E-state index >= 15 is 0 Å². The van der Waals surface area contributed by atoms with Crippen molar-refractivity contribution in [3.63, 3.8) is 0 Å². The van der Waals surface area contributed by atoms with Gasteiger partial charge < -0.3 is 9.64 Å². The topological polar surface area (TPSA) is 75.6 Å². The Bertz CT molecular complexity index is 1000. The lowest BCUT2D eigenvalue weighted by molar-refractivity contribution is -0.129. The molecule has 2 aliphatic heterocycles. The molecule has 7 heteroatoms. The average molecular weight is 437 g/mol. The Morgan fingerprint density at radius 3 is 2.62 bits per heavy atom. The molecule has 0 saturated carbocycles. The summed E-state index contributed by atoms with van der Waals surface area (Å²) >= 11 is 0. The molecule has 7 nitrogen and oxygen atoms in total. The first kappa shape index (κ1) is 22.2. The summed E-state index contributed by atoms with van der Waals surface area (Å²) in [5.41, 5.74) is 3.01. The SMILES string of the molecule is COc1ccc(CC(=O)N2CC[C@@H](c3nc(C)c4c(n3)N(CC(C)C)C(=O)CC4)C2)cc1. The molecule has 2 aliphatic rings. The largest absolute Gasteiger partial charge is 0.497 e. The summed E-state index contributed by atoms with van der Waals surface area (Å²) in [5, 5.41) is 0. The van der Waals surface area contributed by atoms with Crippen molar-refractivity contribution in [1.29, 1.82) is 0 Å². The van der Waals surface area contributed by atoms with E-state index in [9.17, 15) is 9.59 Å². The van der Waals surface area contributed by atoms with Gasteiger partial charge in [-0.2, -0.15) is 0 Å². The predicted octanol–water partition coefficient (Wildman–Crippen LogP) is 3.29. The molecule has 2 aromatic rings. The molecule has 4 rings (SSSR count). The standard InChI is InChI=1S/C25H32N4O3/c1-16(2)14-29-22(30)10-9-21-17(3)26-24(27-25(21)29)19-11-12-28(15-19)23(31)13-18-5-7-20(32-4)8-6-18/h5-8,16,19H,9-15H2,1-4H3/t19-/m1/s1. The molecule has 0 aliphatic carbocycles. The molecule has 0 bridgehead atoms. The smallest absolute Gasteiger partial charge is 0.228 e. The highest BCUT2D eigenvalue weighted by atomic mass is 16.5. The molecule has 170 valence electrons. The molecule has 2 amide bonds. The molecule has 3 heterocycles. The van der Waals surface area contributed by atoms with Crippen molar-refractivity contribution in [2.75, 3.05) is 31.6 Å². The third kappa shape index (κ3) is 4.61. The van der Waals surface area contributed by atoms with Crippen LogP contribution in [-0.2, 0) is 22.4 Å². The fourth-order valence-electron chi connectivity index (χ4n) is 4.57. The summed E-state index contributed by atoms with van der Waals surface area (Å²) in [6.45, 7) is 8.21. The van der Waals surface area contributed by atoms with Crippen molar-refractivity contribution in [2.45, 2.75) is 52.4 Å². The molecular formula is C25H32N4O3. The number of carbonyl (C=O) groups is 2. The summed E-state index contributed by atoms with van der Waals surface area (Å²) in [6, 6.07) is 7.62. The van der Waals surface area contributed by atoms with Crippen LogP contribution in [-0.4, -0.2) is 53.4 Å². The van der Waals surface area contributed by atoms with Gasteiger partial charge in [0.05, 0.1) is 13.5 Å². The van der Waals surface area contributed by atoms with Gasteiger partial charge in [0, 0.05) is 43.2 Å². The number of anilines is 1. The first-order chi connectivity index (χ1) is 15.4. The lowest BCUT2D eigenvalue weighted by atomic mass is 10.0. The van der Waals surface area contributed by atoms with Crippen molar-refractivity contribution in [3.8, 4) is 5.75 Å². The van der Waals surface area contributed by atoms with E-state index in [1.165, 1.54) is 0 Å². The highest BCUT2D eigenvalue weighted by Crippen LogP contribution is 2.32. The Kier molecular flexibility index (Phi) is 6.44. The number of aromatic nitrogens is 2. The number of hydrogen-bond acceptors (Lipinski definition) is 5. The summed E-state index contributed by atoms with van der Waals surface area (Å²) in [5.74, 6) is 3.03. The number of aryl methyl sites for hydroxylation is 1. The number of rotatable bonds is 6. The van der Waals surface area contributed by atoms with Crippen molar-refractivity contribution in [1.82, 2.24) is 14.9 Å². The lowest BCUT2D eigenvalue weighted by Crippen LogP contribution is -2.39. The third-order valence-electron chi connectivity index (χ3n) is 6.32. The van der Waals surface area contributed by atoms with Gasteiger partial charge in [0.1, 0.15) is 17.4 Å². The normalized spacial score (nSPS) is 18.3. The Labute approximate surface area is 189 Å². The molecule has 1 fully saturated rings. The zero-order chi connectivity index (χ0) is 22.8. The van der Waals surface area contributed by atoms with Crippen LogP contribution in [0.5, 0.6) is 5.75 Å². The average Bonchev–Trinajstić information content (AvgIpc) is 3.26. The number of nitrogens with zero attached hydrogens (tertiary/aromatic N) is 4. The fraction of sp³-hybridized carbons (Fsp3) is 0.520. The van der Waals surface area contributed by atoms with E-state index in [4.69, 9.17) is 14.7 Å². The molecule has 0 unspecified atom stereocenters. The number of methoxy groups -OCH3 is 1. The minimum atomic E-state index is 0.0942. The Morgan fingerprint density at radius 2 is 1.94 bits per heavy atom. The van der Waals surface area contributed by atoms with Gasteiger partial charge in [-0.3, -0.25) is 14.5 Å². The van der Waals surface area contributed by atoms with Crippen LogP contribution < -0.4 is 9.64 Å². The Balaban J connectivity index is 1.49. The minimum Gasteiger partial charge on any atom is -0.497 e. The monoisotopic (exact) mass is 436 g/mol. The number of hydrogen-bond donors (Lipinski definition) is 0. The molecule has 32 heavy (non-hydrogen) atoms. The summed E-state index contributed by atoms with van der Waals surface area (Å²) in [7, 11) is 1.63. The molecule has 1 atom stereocenters. The summed E-state index contributed by atoms with van der Waals surface area (Å²) < 4.78 is 5.19. The Morgan fingerprint density at radius 1 is 1.19 bits per heavy atom. The van der Waals surface area contributed by atoms with Gasteiger partial charge in [-0.15, -0.1) is 0 Å². The van der Waals surface area contributed by atoms with Crippen LogP contribution in [0.3, 0.4) is 0 Å². The van der Waals surface area contributed by atoms with Gasteiger partial charge in [0.2, 0.25) is 11.8 Å². The van der Waals surface area contributed by atoms with Crippen molar-refractivity contribution >= 4 is 17.6 Å². The van der Waals surface area contributed by atoms with Crippen molar-refractivity contribution < 1.29 is 14.3 Å². The van der Waals surface area contributed by atoms with Crippen LogP contribution in [0.25, 0.3) is 0 Å². The lowest BCUT2D eigenvalue weighted by Gasteiger charge is -2.31. The highest BCUT2D eigenvalue weighted by Gasteiger charge is 2.33. The van der Waals surface area contributed by atoms with Gasteiger partial charge in [0.25, 0.3) is 0 Å². The minimum absolute atomic E-state index is 0.0942. The van der Waals surface area contributed by atoms with Crippen molar-refractivity contribution in [3.05, 3.63) is 46.9 Å². The number of carbonyl (C=O) groups excluding carboxylic acids is 2. The van der Waals surface area contributed by atoms with Crippen LogP contribution >= 0.6 is 0 Å². The van der Waals surface area contributed by atoms with Gasteiger partial charge in [0.15, 0.2) is 0 Å². The quantitative estimate of drug-likeness (QED) is 0.695. The second kappa shape index (κ2) is 9.27. The van der Waals surface area contributed by atoms with E-state index in [-0.39, 0.29) is 17.7 Å². The summed E-state index contributed by atoms with van der Waals surface area (Å²) in [4.78, 5) is 38.9. The van der Waals surface area contributed by atoms with Crippen LogP contribution in [0.1, 0.15) is 55.3 Å².